The Morgan fingerprint density at radius 1 is 1.05 bits per heavy atom. The number of ether oxygens (including phenoxy) is 1. The molecule has 0 aromatic heterocycles. The first kappa shape index (κ1) is 15.8. The second-order valence-electron chi connectivity index (χ2n) is 6.82. The zero-order valence-electron chi connectivity index (χ0n) is 13.3. The maximum Gasteiger partial charge on any atom is 0.222 e. The summed E-state index contributed by atoms with van der Waals surface area (Å²) in [6.45, 7) is 8.26. The van der Waals surface area contributed by atoms with Gasteiger partial charge in [0.2, 0.25) is 5.91 Å². The molecule has 2 aliphatic heterocycles. The average molecular weight is 282 g/mol. The highest BCUT2D eigenvalue weighted by atomic mass is 16.5. The minimum absolute atomic E-state index is 0.317. The van der Waals surface area contributed by atoms with E-state index in [1.165, 1.54) is 0 Å². The topological polar surface area (TPSA) is 32.8 Å². The van der Waals surface area contributed by atoms with Crippen LogP contribution in [0.2, 0.25) is 0 Å². The molecule has 0 unspecified atom stereocenters. The molecule has 0 N–H and O–H groups in total. The van der Waals surface area contributed by atoms with E-state index in [0.29, 0.717) is 30.5 Å². The molecule has 0 atom stereocenters. The summed E-state index contributed by atoms with van der Waals surface area (Å²) in [7, 11) is 2.18. The van der Waals surface area contributed by atoms with Crippen molar-refractivity contribution in [1.29, 1.82) is 0 Å². The van der Waals surface area contributed by atoms with Crippen LogP contribution in [0.25, 0.3) is 0 Å². The second kappa shape index (κ2) is 7.41. The third kappa shape index (κ3) is 4.74. The third-order valence-electron chi connectivity index (χ3n) is 4.43. The Balaban J connectivity index is 1.67. The van der Waals surface area contributed by atoms with E-state index < -0.39 is 0 Å². The van der Waals surface area contributed by atoms with E-state index in [1.807, 2.05) is 4.90 Å². The monoisotopic (exact) mass is 282 g/mol. The maximum absolute atomic E-state index is 12.0. The minimum atomic E-state index is 0.317. The van der Waals surface area contributed by atoms with E-state index in [4.69, 9.17) is 4.74 Å². The van der Waals surface area contributed by atoms with Gasteiger partial charge in [-0.05, 0) is 38.6 Å². The van der Waals surface area contributed by atoms with Gasteiger partial charge in [0, 0.05) is 32.6 Å². The van der Waals surface area contributed by atoms with Crippen LogP contribution < -0.4 is 0 Å². The third-order valence-corrected chi connectivity index (χ3v) is 4.43. The Kier molecular flexibility index (Phi) is 5.85. The van der Waals surface area contributed by atoms with Crippen LogP contribution in [0, 0.1) is 5.92 Å². The number of hydrogen-bond donors (Lipinski definition) is 0. The van der Waals surface area contributed by atoms with Crippen LogP contribution in [-0.2, 0) is 9.53 Å². The number of piperidine rings is 2. The summed E-state index contributed by atoms with van der Waals surface area (Å²) in [5.74, 6) is 0.772. The van der Waals surface area contributed by atoms with Gasteiger partial charge in [-0.3, -0.25) is 4.79 Å². The van der Waals surface area contributed by atoms with Gasteiger partial charge in [-0.1, -0.05) is 13.8 Å². The largest absolute Gasteiger partial charge is 0.375 e. The number of amides is 1. The van der Waals surface area contributed by atoms with Gasteiger partial charge in [0.05, 0.1) is 12.2 Å². The first-order chi connectivity index (χ1) is 9.54. The molecule has 0 aromatic rings. The van der Waals surface area contributed by atoms with Gasteiger partial charge in [-0.2, -0.15) is 0 Å². The predicted molar refractivity (Wildman–Crippen MR) is 80.7 cm³/mol. The van der Waals surface area contributed by atoms with Crippen LogP contribution in [0.3, 0.4) is 0 Å². The Labute approximate surface area is 123 Å². The number of carbonyl (C=O) groups is 1. The van der Waals surface area contributed by atoms with Crippen LogP contribution in [0.5, 0.6) is 0 Å². The molecule has 0 spiro atoms. The van der Waals surface area contributed by atoms with E-state index in [0.717, 1.165) is 51.9 Å². The van der Waals surface area contributed by atoms with Crippen molar-refractivity contribution in [3.63, 3.8) is 0 Å². The SMILES string of the molecule is CC(C)CC(=O)N1CCC(OC2CCN(C)CC2)CC1. The Bertz CT molecular complexity index is 304. The zero-order valence-corrected chi connectivity index (χ0v) is 13.3. The summed E-state index contributed by atoms with van der Waals surface area (Å²) in [5, 5.41) is 0. The van der Waals surface area contributed by atoms with Gasteiger partial charge in [-0.15, -0.1) is 0 Å². The van der Waals surface area contributed by atoms with E-state index in [-0.39, 0.29) is 0 Å². The van der Waals surface area contributed by atoms with Crippen LogP contribution in [0.1, 0.15) is 46.0 Å². The number of carbonyl (C=O) groups excluding carboxylic acids is 1. The second-order valence-corrected chi connectivity index (χ2v) is 6.82. The lowest BCUT2D eigenvalue weighted by atomic mass is 10.0. The van der Waals surface area contributed by atoms with Crippen LogP contribution in [-0.4, -0.2) is 61.1 Å². The molecule has 4 nitrogen and oxygen atoms in total. The lowest BCUT2D eigenvalue weighted by molar-refractivity contribution is -0.135. The molecule has 0 aromatic carbocycles. The lowest BCUT2D eigenvalue weighted by Gasteiger charge is -2.36. The molecule has 2 heterocycles. The van der Waals surface area contributed by atoms with Crippen molar-refractivity contribution < 1.29 is 9.53 Å². The Hall–Kier alpha value is -0.610. The molecular weight excluding hydrogens is 252 g/mol. The zero-order chi connectivity index (χ0) is 14.5. The van der Waals surface area contributed by atoms with Crippen molar-refractivity contribution in [3.8, 4) is 0 Å². The van der Waals surface area contributed by atoms with E-state index in [2.05, 4.69) is 25.8 Å². The first-order valence-electron chi connectivity index (χ1n) is 8.16. The summed E-state index contributed by atoms with van der Waals surface area (Å²) < 4.78 is 6.23. The molecule has 0 radical (unpaired) electrons. The summed E-state index contributed by atoms with van der Waals surface area (Å²) in [5.41, 5.74) is 0. The quantitative estimate of drug-likeness (QED) is 0.792. The number of nitrogens with zero attached hydrogens (tertiary/aromatic N) is 2. The summed E-state index contributed by atoms with van der Waals surface area (Å²) >= 11 is 0. The summed E-state index contributed by atoms with van der Waals surface area (Å²) in [6, 6.07) is 0. The molecular formula is C16H30N2O2. The maximum atomic E-state index is 12.0. The average Bonchev–Trinajstić information content (AvgIpc) is 2.41. The molecule has 4 heteroatoms. The summed E-state index contributed by atoms with van der Waals surface area (Å²) in [6.07, 6.45) is 5.82. The number of rotatable bonds is 4. The van der Waals surface area contributed by atoms with Crippen molar-refractivity contribution in [2.45, 2.75) is 58.2 Å². The molecule has 0 saturated carbocycles. The molecule has 2 fully saturated rings. The highest BCUT2D eigenvalue weighted by Crippen LogP contribution is 2.21. The highest BCUT2D eigenvalue weighted by molar-refractivity contribution is 5.76. The van der Waals surface area contributed by atoms with E-state index in [1.54, 1.807) is 0 Å². The van der Waals surface area contributed by atoms with E-state index in [9.17, 15) is 4.79 Å². The van der Waals surface area contributed by atoms with Crippen LogP contribution >= 0.6 is 0 Å². The molecule has 0 aliphatic carbocycles. The molecule has 116 valence electrons. The normalized spacial score (nSPS) is 23.5. The van der Waals surface area contributed by atoms with Crippen molar-refractivity contribution in [3.05, 3.63) is 0 Å². The standard InChI is InChI=1S/C16H30N2O2/c1-13(2)12-16(19)18-10-6-15(7-11-18)20-14-4-8-17(3)9-5-14/h13-15H,4-12H2,1-3H3. The van der Waals surface area contributed by atoms with Gasteiger partial charge < -0.3 is 14.5 Å². The van der Waals surface area contributed by atoms with Gasteiger partial charge in [0.15, 0.2) is 0 Å². The Morgan fingerprint density at radius 2 is 1.55 bits per heavy atom. The smallest absolute Gasteiger partial charge is 0.222 e. The van der Waals surface area contributed by atoms with Crippen molar-refractivity contribution in [1.82, 2.24) is 9.80 Å². The number of likely N-dealkylation sites (tertiary alicyclic amines) is 2. The highest BCUT2D eigenvalue weighted by Gasteiger charge is 2.26. The van der Waals surface area contributed by atoms with Gasteiger partial charge in [-0.25, -0.2) is 0 Å². The van der Waals surface area contributed by atoms with Crippen LogP contribution in [0.4, 0.5) is 0 Å². The molecule has 1 amide bonds. The van der Waals surface area contributed by atoms with Gasteiger partial charge in [0.1, 0.15) is 0 Å². The Morgan fingerprint density at radius 3 is 2.05 bits per heavy atom. The minimum Gasteiger partial charge on any atom is -0.375 e. The summed E-state index contributed by atoms with van der Waals surface area (Å²) in [4.78, 5) is 16.4. The molecule has 20 heavy (non-hydrogen) atoms. The van der Waals surface area contributed by atoms with Crippen molar-refractivity contribution >= 4 is 5.91 Å². The molecule has 0 bridgehead atoms. The van der Waals surface area contributed by atoms with Gasteiger partial charge in [0.25, 0.3) is 0 Å². The number of hydrogen-bond acceptors (Lipinski definition) is 3. The van der Waals surface area contributed by atoms with Crippen LogP contribution in [0.15, 0.2) is 0 Å². The molecule has 2 saturated heterocycles. The van der Waals surface area contributed by atoms with Gasteiger partial charge >= 0.3 is 0 Å². The van der Waals surface area contributed by atoms with Crippen molar-refractivity contribution in [2.24, 2.45) is 5.92 Å². The molecule has 2 rings (SSSR count). The molecule has 2 aliphatic rings. The van der Waals surface area contributed by atoms with E-state index >= 15 is 0 Å². The first-order valence-corrected chi connectivity index (χ1v) is 8.16. The van der Waals surface area contributed by atoms with Crippen molar-refractivity contribution in [2.75, 3.05) is 33.2 Å². The fourth-order valence-corrected chi connectivity index (χ4v) is 3.11. The lowest BCUT2D eigenvalue weighted by Crippen LogP contribution is -2.43. The fourth-order valence-electron chi connectivity index (χ4n) is 3.11. The predicted octanol–water partition coefficient (Wildman–Crippen LogP) is 2.13. The fraction of sp³-hybridized carbons (Fsp3) is 0.938.